The van der Waals surface area contributed by atoms with Gasteiger partial charge < -0.3 is 5.11 Å². The van der Waals surface area contributed by atoms with Crippen LogP contribution in [-0.4, -0.2) is 17.0 Å². The minimum Gasteiger partial charge on any atom is -0.393 e. The monoisotopic (exact) mass is 288 g/mol. The molecule has 0 amide bonds. The van der Waals surface area contributed by atoms with Gasteiger partial charge in [0.25, 0.3) is 0 Å². The van der Waals surface area contributed by atoms with Gasteiger partial charge in [-0.3, -0.25) is 4.79 Å². The van der Waals surface area contributed by atoms with Crippen LogP contribution in [0, 0.1) is 34.5 Å². The summed E-state index contributed by atoms with van der Waals surface area (Å²) in [6.45, 7) is 4.56. The maximum Gasteiger partial charge on any atom is 0.139 e. The first-order valence-electron chi connectivity index (χ1n) is 8.83. The average molecular weight is 288 g/mol. The lowest BCUT2D eigenvalue weighted by Gasteiger charge is -2.60. The van der Waals surface area contributed by atoms with E-state index in [0.29, 0.717) is 30.0 Å². The molecule has 0 saturated heterocycles. The Morgan fingerprint density at radius 3 is 2.81 bits per heavy atom. The largest absolute Gasteiger partial charge is 0.393 e. The molecule has 116 valence electrons. The molecule has 2 nitrogen and oxygen atoms in total. The van der Waals surface area contributed by atoms with Crippen LogP contribution in [-0.2, 0) is 4.79 Å². The molecule has 4 aliphatic rings. The number of hydrogen-bond donors (Lipinski definition) is 1. The zero-order valence-electron chi connectivity index (χ0n) is 13.3. The number of carbonyl (C=O) groups is 1. The van der Waals surface area contributed by atoms with E-state index in [1.807, 2.05) is 0 Å². The van der Waals surface area contributed by atoms with E-state index in [0.717, 1.165) is 25.2 Å². The zero-order chi connectivity index (χ0) is 14.8. The summed E-state index contributed by atoms with van der Waals surface area (Å²) in [7, 11) is 0. The van der Waals surface area contributed by atoms with Gasteiger partial charge in [0.1, 0.15) is 5.78 Å². The summed E-state index contributed by atoms with van der Waals surface area (Å²) >= 11 is 0. The van der Waals surface area contributed by atoms with Crippen molar-refractivity contribution in [3.05, 3.63) is 12.2 Å². The molecule has 0 bridgehead atoms. The zero-order valence-corrected chi connectivity index (χ0v) is 13.3. The Hall–Kier alpha value is -0.630. The van der Waals surface area contributed by atoms with Gasteiger partial charge in [-0.25, -0.2) is 0 Å². The van der Waals surface area contributed by atoms with E-state index in [1.165, 1.54) is 19.3 Å². The molecule has 0 aliphatic heterocycles. The molecule has 0 spiro atoms. The summed E-state index contributed by atoms with van der Waals surface area (Å²) in [5.74, 6) is 2.66. The van der Waals surface area contributed by atoms with E-state index < -0.39 is 0 Å². The normalized spacial score (nSPS) is 55.8. The molecule has 2 heteroatoms. The number of ketones is 1. The van der Waals surface area contributed by atoms with Crippen molar-refractivity contribution < 1.29 is 9.90 Å². The predicted molar refractivity (Wildman–Crippen MR) is 82.6 cm³/mol. The molecule has 0 aromatic rings. The number of carbonyl (C=O) groups excluding carboxylic acids is 1. The van der Waals surface area contributed by atoms with Crippen LogP contribution in [0.3, 0.4) is 0 Å². The maximum absolute atomic E-state index is 12.4. The van der Waals surface area contributed by atoms with Gasteiger partial charge in [-0.2, -0.15) is 0 Å². The number of hydrogen-bond acceptors (Lipinski definition) is 2. The molecule has 3 saturated carbocycles. The van der Waals surface area contributed by atoms with Gasteiger partial charge in [0.15, 0.2) is 0 Å². The fraction of sp³-hybridized carbons (Fsp3) is 0.842. The van der Waals surface area contributed by atoms with E-state index >= 15 is 0 Å². The molecule has 4 aliphatic carbocycles. The SMILES string of the molecule is CC12CC(O)C3C(CCC4CC=CCC43C)C1CCC2=O. The quantitative estimate of drug-likeness (QED) is 0.690. The lowest BCUT2D eigenvalue weighted by Crippen LogP contribution is -2.58. The van der Waals surface area contributed by atoms with E-state index in [9.17, 15) is 9.90 Å². The topological polar surface area (TPSA) is 37.3 Å². The lowest BCUT2D eigenvalue weighted by atomic mass is 9.45. The fourth-order valence-corrected chi connectivity index (χ4v) is 6.74. The van der Waals surface area contributed by atoms with Gasteiger partial charge >= 0.3 is 0 Å². The van der Waals surface area contributed by atoms with Gasteiger partial charge in [0.05, 0.1) is 6.10 Å². The third-order valence-electron chi connectivity index (χ3n) is 7.85. The average Bonchev–Trinajstić information content (AvgIpc) is 2.73. The second kappa shape index (κ2) is 4.44. The summed E-state index contributed by atoms with van der Waals surface area (Å²) in [6, 6.07) is 0. The molecular weight excluding hydrogens is 260 g/mol. The van der Waals surface area contributed by atoms with Crippen LogP contribution < -0.4 is 0 Å². The van der Waals surface area contributed by atoms with Gasteiger partial charge in [-0.1, -0.05) is 26.0 Å². The predicted octanol–water partition coefficient (Wildman–Crippen LogP) is 3.74. The van der Waals surface area contributed by atoms with Crippen molar-refractivity contribution in [1.82, 2.24) is 0 Å². The van der Waals surface area contributed by atoms with E-state index in [-0.39, 0.29) is 16.9 Å². The van der Waals surface area contributed by atoms with Crippen LogP contribution in [0.25, 0.3) is 0 Å². The van der Waals surface area contributed by atoms with Crippen LogP contribution >= 0.6 is 0 Å². The third-order valence-corrected chi connectivity index (χ3v) is 7.85. The molecule has 7 unspecified atom stereocenters. The molecule has 21 heavy (non-hydrogen) atoms. The second-order valence-corrected chi connectivity index (χ2v) is 8.64. The number of rotatable bonds is 0. The summed E-state index contributed by atoms with van der Waals surface area (Å²) < 4.78 is 0. The highest BCUT2D eigenvalue weighted by atomic mass is 16.3. The molecule has 3 fully saturated rings. The number of allylic oxidation sites excluding steroid dienone is 2. The van der Waals surface area contributed by atoms with Crippen molar-refractivity contribution in [3.63, 3.8) is 0 Å². The molecule has 0 heterocycles. The van der Waals surface area contributed by atoms with E-state index in [1.54, 1.807) is 0 Å². The van der Waals surface area contributed by atoms with Crippen molar-refractivity contribution in [1.29, 1.82) is 0 Å². The Bertz CT molecular complexity index is 496. The summed E-state index contributed by atoms with van der Waals surface area (Å²) in [4.78, 5) is 12.4. The molecule has 0 aromatic heterocycles. The van der Waals surface area contributed by atoms with Crippen LogP contribution in [0.5, 0.6) is 0 Å². The van der Waals surface area contributed by atoms with Crippen molar-refractivity contribution in [2.75, 3.05) is 0 Å². The van der Waals surface area contributed by atoms with E-state index in [2.05, 4.69) is 26.0 Å². The second-order valence-electron chi connectivity index (χ2n) is 8.64. The van der Waals surface area contributed by atoms with Crippen molar-refractivity contribution in [2.45, 2.75) is 64.9 Å². The highest BCUT2D eigenvalue weighted by molar-refractivity contribution is 5.87. The Kier molecular flexibility index (Phi) is 2.96. The number of fused-ring (bicyclic) bond motifs is 5. The van der Waals surface area contributed by atoms with Crippen LogP contribution in [0.4, 0.5) is 0 Å². The Morgan fingerprint density at radius 1 is 1.19 bits per heavy atom. The Balaban J connectivity index is 1.73. The Morgan fingerprint density at radius 2 is 2.00 bits per heavy atom. The summed E-state index contributed by atoms with van der Waals surface area (Å²) in [5, 5.41) is 11.0. The van der Waals surface area contributed by atoms with Gasteiger partial charge in [-0.05, 0) is 67.6 Å². The van der Waals surface area contributed by atoms with Crippen molar-refractivity contribution in [3.8, 4) is 0 Å². The molecule has 4 rings (SSSR count). The fourth-order valence-electron chi connectivity index (χ4n) is 6.74. The van der Waals surface area contributed by atoms with Crippen molar-refractivity contribution >= 4 is 5.78 Å². The first-order chi connectivity index (χ1) is 9.97. The van der Waals surface area contributed by atoms with Gasteiger partial charge in [0, 0.05) is 11.8 Å². The van der Waals surface area contributed by atoms with Crippen LogP contribution in [0.2, 0.25) is 0 Å². The molecule has 0 radical (unpaired) electrons. The molecule has 1 N–H and O–H groups in total. The molecule has 7 atom stereocenters. The third kappa shape index (κ3) is 1.72. The number of aliphatic hydroxyl groups excluding tert-OH is 1. The molecule has 0 aromatic carbocycles. The van der Waals surface area contributed by atoms with Gasteiger partial charge in [0.2, 0.25) is 0 Å². The Labute approximate surface area is 128 Å². The molecular formula is C19H28O2. The smallest absolute Gasteiger partial charge is 0.139 e. The summed E-state index contributed by atoms with van der Waals surface area (Å²) in [5.41, 5.74) is 0.0261. The first kappa shape index (κ1) is 14.0. The highest BCUT2D eigenvalue weighted by Gasteiger charge is 2.62. The lowest BCUT2D eigenvalue weighted by molar-refractivity contribution is -0.162. The number of Topliss-reactive ketones (excluding diaryl/α,β-unsaturated/α-hetero) is 1. The van der Waals surface area contributed by atoms with Crippen molar-refractivity contribution in [2.24, 2.45) is 34.5 Å². The number of aliphatic hydroxyl groups is 1. The minimum atomic E-state index is -0.280. The highest BCUT2D eigenvalue weighted by Crippen LogP contribution is 2.64. The maximum atomic E-state index is 12.4. The van der Waals surface area contributed by atoms with Gasteiger partial charge in [-0.15, -0.1) is 0 Å². The minimum absolute atomic E-state index is 0.228. The standard InChI is InChI=1S/C19H28O2/c1-18-10-4-3-5-12(18)6-7-13-14-8-9-16(21)19(14,2)11-15(20)17(13)18/h3-4,12-15,17,20H,5-11H2,1-2H3. The van der Waals surface area contributed by atoms with Crippen LogP contribution in [0.1, 0.15) is 58.8 Å². The van der Waals surface area contributed by atoms with E-state index in [4.69, 9.17) is 0 Å². The van der Waals surface area contributed by atoms with Crippen LogP contribution in [0.15, 0.2) is 12.2 Å². The first-order valence-corrected chi connectivity index (χ1v) is 8.83. The summed E-state index contributed by atoms with van der Waals surface area (Å²) in [6.07, 6.45) is 11.7.